The van der Waals surface area contributed by atoms with E-state index in [4.69, 9.17) is 4.74 Å². The third-order valence-corrected chi connectivity index (χ3v) is 5.27. The van der Waals surface area contributed by atoms with E-state index in [-0.39, 0.29) is 5.91 Å². The van der Waals surface area contributed by atoms with Crippen molar-refractivity contribution < 1.29 is 9.53 Å². The van der Waals surface area contributed by atoms with Crippen molar-refractivity contribution in [3.05, 3.63) is 46.5 Å². The maximum Gasteiger partial charge on any atom is 0.251 e. The first-order chi connectivity index (χ1) is 13.1. The number of benzene rings is 1. The lowest BCUT2D eigenvalue weighted by atomic mass is 10.1. The Balaban J connectivity index is 1.45. The maximum atomic E-state index is 12.6. The molecule has 0 saturated carbocycles. The number of hydrogen-bond acceptors (Lipinski definition) is 4. The van der Waals surface area contributed by atoms with Gasteiger partial charge in [-0.2, -0.15) is 5.10 Å². The molecule has 0 unspecified atom stereocenters. The summed E-state index contributed by atoms with van der Waals surface area (Å²) in [5.41, 5.74) is 5.97. The second kappa shape index (κ2) is 7.15. The molecule has 142 valence electrons. The molecule has 3 aromatic rings. The zero-order valence-electron chi connectivity index (χ0n) is 16.1. The van der Waals surface area contributed by atoms with Gasteiger partial charge in [-0.3, -0.25) is 9.48 Å². The molecule has 4 rings (SSSR count). The Kier molecular flexibility index (Phi) is 4.70. The first-order valence-electron chi connectivity index (χ1n) is 9.46. The molecule has 3 heterocycles. The van der Waals surface area contributed by atoms with Crippen LogP contribution in [-0.4, -0.2) is 38.4 Å². The molecular formula is C20H25N5O2. The number of hydrogen-bond donors (Lipinski definition) is 1. The number of fused-ring (bicyclic) bond motifs is 3. The summed E-state index contributed by atoms with van der Waals surface area (Å²) in [7, 11) is 0. The van der Waals surface area contributed by atoms with E-state index in [9.17, 15) is 4.79 Å². The fourth-order valence-corrected chi connectivity index (χ4v) is 3.81. The summed E-state index contributed by atoms with van der Waals surface area (Å²) in [5.74, 6) is 0.852. The summed E-state index contributed by atoms with van der Waals surface area (Å²) in [6, 6.07) is 5.71. The number of aromatic nitrogens is 4. The van der Waals surface area contributed by atoms with Crippen molar-refractivity contribution in [3.8, 4) is 0 Å². The molecule has 0 spiro atoms. The van der Waals surface area contributed by atoms with Crippen LogP contribution in [0.25, 0.3) is 11.0 Å². The Bertz CT molecular complexity index is 1000. The fraction of sp³-hybridized carbons (Fsp3) is 0.450. The van der Waals surface area contributed by atoms with E-state index in [1.54, 1.807) is 0 Å². The van der Waals surface area contributed by atoms with E-state index in [0.717, 1.165) is 42.1 Å². The maximum absolute atomic E-state index is 12.6. The molecule has 0 radical (unpaired) electrons. The molecule has 1 N–H and O–H groups in total. The minimum absolute atomic E-state index is 0.0719. The molecule has 0 aliphatic carbocycles. The zero-order chi connectivity index (χ0) is 19.0. The van der Waals surface area contributed by atoms with Gasteiger partial charge < -0.3 is 14.6 Å². The average molecular weight is 367 g/mol. The van der Waals surface area contributed by atoms with Crippen LogP contribution in [0.1, 0.15) is 40.1 Å². The van der Waals surface area contributed by atoms with Crippen LogP contribution in [0, 0.1) is 13.8 Å². The molecule has 7 heteroatoms. The van der Waals surface area contributed by atoms with Gasteiger partial charge in [0.05, 0.1) is 23.3 Å². The Labute approximate surface area is 158 Å². The Hall–Kier alpha value is -2.67. The predicted molar refractivity (Wildman–Crippen MR) is 103 cm³/mol. The van der Waals surface area contributed by atoms with Crippen LogP contribution in [-0.2, 0) is 30.9 Å². The van der Waals surface area contributed by atoms with E-state index in [2.05, 4.69) is 33.8 Å². The van der Waals surface area contributed by atoms with Crippen LogP contribution in [0.15, 0.2) is 18.2 Å². The van der Waals surface area contributed by atoms with E-state index >= 15 is 0 Å². The summed E-state index contributed by atoms with van der Waals surface area (Å²) >= 11 is 0. The van der Waals surface area contributed by atoms with Gasteiger partial charge in [0.2, 0.25) is 0 Å². The van der Waals surface area contributed by atoms with Gasteiger partial charge in [0.15, 0.2) is 0 Å². The van der Waals surface area contributed by atoms with Crippen LogP contribution < -0.4 is 5.32 Å². The number of nitrogens with zero attached hydrogens (tertiary/aromatic N) is 4. The topological polar surface area (TPSA) is 74.0 Å². The van der Waals surface area contributed by atoms with E-state index in [1.807, 2.05) is 29.8 Å². The van der Waals surface area contributed by atoms with Crippen LogP contribution in [0.4, 0.5) is 0 Å². The first kappa shape index (κ1) is 17.7. The molecule has 0 fully saturated rings. The number of imidazole rings is 1. The van der Waals surface area contributed by atoms with Gasteiger partial charge in [-0.25, -0.2) is 4.98 Å². The van der Waals surface area contributed by atoms with E-state index < -0.39 is 0 Å². The number of aryl methyl sites for hydroxylation is 2. The molecule has 27 heavy (non-hydrogen) atoms. The van der Waals surface area contributed by atoms with Crippen molar-refractivity contribution in [3.63, 3.8) is 0 Å². The fourth-order valence-electron chi connectivity index (χ4n) is 3.81. The van der Waals surface area contributed by atoms with Gasteiger partial charge in [0.1, 0.15) is 12.4 Å². The highest BCUT2D eigenvalue weighted by molar-refractivity contribution is 5.97. The minimum Gasteiger partial charge on any atom is -0.372 e. The monoisotopic (exact) mass is 367 g/mol. The highest BCUT2D eigenvalue weighted by Gasteiger charge is 2.16. The largest absolute Gasteiger partial charge is 0.372 e. The normalized spacial score (nSPS) is 13.7. The molecular weight excluding hydrogens is 342 g/mol. The van der Waals surface area contributed by atoms with Gasteiger partial charge in [-0.1, -0.05) is 0 Å². The summed E-state index contributed by atoms with van der Waals surface area (Å²) < 4.78 is 9.63. The summed E-state index contributed by atoms with van der Waals surface area (Å²) in [6.07, 6.45) is 0.780. The average Bonchev–Trinajstić information content (AvgIpc) is 3.18. The molecule has 2 aromatic heterocycles. The molecule has 1 aliphatic heterocycles. The van der Waals surface area contributed by atoms with Gasteiger partial charge in [0, 0.05) is 30.9 Å². The number of amides is 1. The van der Waals surface area contributed by atoms with Gasteiger partial charge >= 0.3 is 0 Å². The Morgan fingerprint density at radius 3 is 2.96 bits per heavy atom. The lowest BCUT2D eigenvalue weighted by molar-refractivity contribution is 0.0830. The Morgan fingerprint density at radius 2 is 2.19 bits per heavy atom. The zero-order valence-corrected chi connectivity index (χ0v) is 16.1. The van der Waals surface area contributed by atoms with Crippen molar-refractivity contribution in [2.45, 2.75) is 46.9 Å². The number of rotatable bonds is 5. The van der Waals surface area contributed by atoms with Crippen LogP contribution in [0.5, 0.6) is 0 Å². The lowest BCUT2D eigenvalue weighted by Crippen LogP contribution is -2.26. The van der Waals surface area contributed by atoms with Gasteiger partial charge in [-0.05, 0) is 51.0 Å². The van der Waals surface area contributed by atoms with Crippen molar-refractivity contribution in [1.82, 2.24) is 24.6 Å². The molecule has 1 aliphatic rings. The first-order valence-corrected chi connectivity index (χ1v) is 9.46. The van der Waals surface area contributed by atoms with Crippen LogP contribution >= 0.6 is 0 Å². The number of carbonyl (C=O) groups excluding carboxylic acids is 1. The second-order valence-electron chi connectivity index (χ2n) is 6.91. The summed E-state index contributed by atoms with van der Waals surface area (Å²) in [6.45, 7) is 9.67. The Morgan fingerprint density at radius 1 is 1.33 bits per heavy atom. The van der Waals surface area contributed by atoms with E-state index in [1.165, 1.54) is 11.3 Å². The molecule has 0 atom stereocenters. The highest BCUT2D eigenvalue weighted by atomic mass is 16.5. The lowest BCUT2D eigenvalue weighted by Gasteiger charge is -2.14. The third-order valence-electron chi connectivity index (χ3n) is 5.27. The predicted octanol–water partition coefficient (Wildman–Crippen LogP) is 2.37. The molecule has 0 saturated heterocycles. The molecule has 0 bridgehead atoms. The smallest absolute Gasteiger partial charge is 0.251 e. The standard InChI is InChI=1S/C20H25N5O2/c1-4-25-14(3)16(13(2)23-25)7-8-21-20(26)15-5-6-18-17(11-15)22-19-12-27-10-9-24(18)19/h5-6,11H,4,7-10,12H2,1-3H3,(H,21,26). The number of ether oxygens (including phenoxy) is 1. The summed E-state index contributed by atoms with van der Waals surface area (Å²) in [5, 5.41) is 7.55. The van der Waals surface area contributed by atoms with Gasteiger partial charge in [0.25, 0.3) is 5.91 Å². The van der Waals surface area contributed by atoms with Gasteiger partial charge in [-0.15, -0.1) is 0 Å². The number of carbonyl (C=O) groups is 1. The van der Waals surface area contributed by atoms with Crippen molar-refractivity contribution in [2.24, 2.45) is 0 Å². The molecule has 7 nitrogen and oxygen atoms in total. The molecule has 1 aromatic carbocycles. The van der Waals surface area contributed by atoms with Crippen LogP contribution in [0.3, 0.4) is 0 Å². The SMILES string of the molecule is CCn1nc(C)c(CCNC(=O)c2ccc3c(c2)nc2n3CCOC2)c1C. The van der Waals surface area contributed by atoms with E-state index in [0.29, 0.717) is 25.3 Å². The van der Waals surface area contributed by atoms with Crippen molar-refractivity contribution in [1.29, 1.82) is 0 Å². The summed E-state index contributed by atoms with van der Waals surface area (Å²) in [4.78, 5) is 17.2. The minimum atomic E-state index is -0.0719. The van der Waals surface area contributed by atoms with Crippen molar-refractivity contribution >= 4 is 16.9 Å². The quantitative estimate of drug-likeness (QED) is 0.751. The number of nitrogens with one attached hydrogen (secondary N) is 1. The van der Waals surface area contributed by atoms with Crippen molar-refractivity contribution in [2.75, 3.05) is 13.2 Å². The second-order valence-corrected chi connectivity index (χ2v) is 6.91. The highest BCUT2D eigenvalue weighted by Crippen LogP contribution is 2.21. The molecule has 1 amide bonds. The van der Waals surface area contributed by atoms with Crippen LogP contribution in [0.2, 0.25) is 0 Å². The third kappa shape index (κ3) is 3.23.